The number of hydrogen-bond donors (Lipinski definition) is 1. The number of rotatable bonds is 6. The number of nitrogens with zero attached hydrogens (tertiary/aromatic N) is 4. The van der Waals surface area contributed by atoms with Crippen LogP contribution in [0.1, 0.15) is 12.8 Å². The first-order chi connectivity index (χ1) is 9.82. The Bertz CT molecular complexity index is 766. The Kier molecular flexibility index (Phi) is 4.24. The molecule has 2 N–H and O–H groups in total. The van der Waals surface area contributed by atoms with Crippen molar-refractivity contribution in [2.45, 2.75) is 24.3 Å². The first kappa shape index (κ1) is 15.4. The minimum atomic E-state index is -3.49. The van der Waals surface area contributed by atoms with Crippen molar-refractivity contribution in [3.05, 3.63) is 18.2 Å². The third-order valence-electron chi connectivity index (χ3n) is 3.06. The van der Waals surface area contributed by atoms with Crippen molar-refractivity contribution < 1.29 is 13.2 Å². The number of amides is 1. The predicted molar refractivity (Wildman–Crippen MR) is 76.8 cm³/mol. The Morgan fingerprint density at radius 3 is 2.71 bits per heavy atom. The third kappa shape index (κ3) is 3.19. The van der Waals surface area contributed by atoms with Crippen LogP contribution in [0.4, 0.5) is 0 Å². The molecule has 0 bridgehead atoms. The summed E-state index contributed by atoms with van der Waals surface area (Å²) in [6.07, 6.45) is 0.833. The molecule has 0 spiro atoms. The van der Waals surface area contributed by atoms with Gasteiger partial charge in [-0.05, 0) is 24.6 Å². The molecule has 0 aliphatic rings. The van der Waals surface area contributed by atoms with E-state index in [9.17, 15) is 13.2 Å². The third-order valence-corrected chi connectivity index (χ3v) is 4.87. The number of nitrogens with two attached hydrogens (primary N) is 1. The van der Waals surface area contributed by atoms with Gasteiger partial charge in [-0.25, -0.2) is 17.4 Å². The molecule has 21 heavy (non-hydrogen) atoms. The van der Waals surface area contributed by atoms with E-state index in [0.29, 0.717) is 18.5 Å². The minimum absolute atomic E-state index is 0.171. The Morgan fingerprint density at radius 2 is 2.10 bits per heavy atom. The molecule has 1 aromatic carbocycles. The van der Waals surface area contributed by atoms with Gasteiger partial charge in [0.25, 0.3) is 0 Å². The van der Waals surface area contributed by atoms with Crippen LogP contribution in [0, 0.1) is 0 Å². The highest BCUT2D eigenvalue weighted by molar-refractivity contribution is 7.89. The van der Waals surface area contributed by atoms with Gasteiger partial charge in [0.15, 0.2) is 0 Å². The Morgan fingerprint density at radius 1 is 1.38 bits per heavy atom. The van der Waals surface area contributed by atoms with Crippen LogP contribution < -0.4 is 5.73 Å². The quantitative estimate of drug-likeness (QED) is 0.803. The van der Waals surface area contributed by atoms with Gasteiger partial charge in [-0.2, -0.15) is 0 Å². The van der Waals surface area contributed by atoms with Gasteiger partial charge in [0, 0.05) is 27.1 Å². The normalized spacial score (nSPS) is 12.1. The molecular weight excluding hydrogens is 294 g/mol. The number of aromatic nitrogens is 3. The molecule has 2 rings (SSSR count). The second-order valence-corrected chi connectivity index (χ2v) is 6.97. The maximum Gasteiger partial charge on any atom is 0.242 e. The van der Waals surface area contributed by atoms with E-state index in [1.807, 2.05) is 0 Å². The van der Waals surface area contributed by atoms with Crippen molar-refractivity contribution in [3.8, 4) is 0 Å². The first-order valence-electron chi connectivity index (χ1n) is 6.36. The van der Waals surface area contributed by atoms with Gasteiger partial charge in [-0.3, -0.25) is 4.79 Å². The van der Waals surface area contributed by atoms with Crippen LogP contribution in [0.3, 0.4) is 0 Å². The van der Waals surface area contributed by atoms with Crippen molar-refractivity contribution in [2.24, 2.45) is 5.73 Å². The fourth-order valence-electron chi connectivity index (χ4n) is 1.89. The summed E-state index contributed by atoms with van der Waals surface area (Å²) in [5.41, 5.74) is 6.30. The molecule has 0 fully saturated rings. The highest BCUT2D eigenvalue weighted by Crippen LogP contribution is 2.19. The number of primary amides is 1. The van der Waals surface area contributed by atoms with Crippen molar-refractivity contribution in [2.75, 3.05) is 14.1 Å². The molecule has 0 radical (unpaired) electrons. The molecule has 0 aliphatic carbocycles. The summed E-state index contributed by atoms with van der Waals surface area (Å²) >= 11 is 0. The van der Waals surface area contributed by atoms with Gasteiger partial charge < -0.3 is 5.73 Å². The number of sulfonamides is 1. The molecule has 1 aromatic heterocycles. The highest BCUT2D eigenvalue weighted by Gasteiger charge is 2.18. The number of fused-ring (bicyclic) bond motifs is 1. The zero-order valence-electron chi connectivity index (χ0n) is 11.9. The monoisotopic (exact) mass is 311 g/mol. The number of carbonyl (C=O) groups is 1. The molecule has 0 unspecified atom stereocenters. The molecule has 1 heterocycles. The number of carbonyl (C=O) groups excluding carboxylic acids is 1. The van der Waals surface area contributed by atoms with Crippen LogP contribution in [0.5, 0.6) is 0 Å². The van der Waals surface area contributed by atoms with E-state index in [1.54, 1.807) is 10.7 Å². The average Bonchev–Trinajstić information content (AvgIpc) is 2.80. The van der Waals surface area contributed by atoms with E-state index in [4.69, 9.17) is 5.73 Å². The zero-order chi connectivity index (χ0) is 15.6. The van der Waals surface area contributed by atoms with Crippen molar-refractivity contribution in [3.63, 3.8) is 0 Å². The Balaban J connectivity index is 2.29. The number of hydrogen-bond acceptors (Lipinski definition) is 5. The number of benzene rings is 1. The smallest absolute Gasteiger partial charge is 0.242 e. The average molecular weight is 311 g/mol. The second-order valence-electron chi connectivity index (χ2n) is 4.82. The second kappa shape index (κ2) is 5.78. The van der Waals surface area contributed by atoms with Gasteiger partial charge in [0.1, 0.15) is 5.52 Å². The van der Waals surface area contributed by atoms with Crippen LogP contribution in [-0.4, -0.2) is 47.7 Å². The SMILES string of the molecule is CN(C)S(=O)(=O)c1ccc2c(c1)nnn2CCCC(N)=O. The summed E-state index contributed by atoms with van der Waals surface area (Å²) in [6.45, 7) is 0.499. The van der Waals surface area contributed by atoms with E-state index < -0.39 is 10.0 Å². The molecule has 114 valence electrons. The summed E-state index contributed by atoms with van der Waals surface area (Å²) in [5.74, 6) is -0.362. The van der Waals surface area contributed by atoms with Gasteiger partial charge in [-0.1, -0.05) is 5.21 Å². The lowest BCUT2D eigenvalue weighted by molar-refractivity contribution is -0.118. The molecular formula is C12H17N5O3S. The van der Waals surface area contributed by atoms with Crippen LogP contribution in [0.15, 0.2) is 23.1 Å². The largest absolute Gasteiger partial charge is 0.370 e. The van der Waals surface area contributed by atoms with Crippen LogP contribution in [-0.2, 0) is 21.4 Å². The maximum atomic E-state index is 12.0. The lowest BCUT2D eigenvalue weighted by Crippen LogP contribution is -2.22. The molecule has 0 atom stereocenters. The standard InChI is InChI=1S/C12H17N5O3S/c1-16(2)21(19,20)9-5-6-11-10(8-9)14-15-17(11)7-3-4-12(13)18/h5-6,8H,3-4,7H2,1-2H3,(H2,13,18). The van der Waals surface area contributed by atoms with E-state index in [-0.39, 0.29) is 17.2 Å². The van der Waals surface area contributed by atoms with Gasteiger partial charge in [-0.15, -0.1) is 5.10 Å². The highest BCUT2D eigenvalue weighted by atomic mass is 32.2. The molecule has 0 aliphatic heterocycles. The zero-order valence-corrected chi connectivity index (χ0v) is 12.7. The predicted octanol–water partition coefficient (Wildman–Crippen LogP) is -0.0529. The molecule has 1 amide bonds. The van der Waals surface area contributed by atoms with Crippen LogP contribution in [0.2, 0.25) is 0 Å². The van der Waals surface area contributed by atoms with E-state index in [0.717, 1.165) is 9.82 Å². The summed E-state index contributed by atoms with van der Waals surface area (Å²) in [4.78, 5) is 10.9. The summed E-state index contributed by atoms with van der Waals surface area (Å²) in [7, 11) is -0.547. The lowest BCUT2D eigenvalue weighted by Gasteiger charge is -2.10. The number of aryl methyl sites for hydroxylation is 1. The minimum Gasteiger partial charge on any atom is -0.370 e. The van der Waals surface area contributed by atoms with Gasteiger partial charge >= 0.3 is 0 Å². The molecule has 8 nitrogen and oxygen atoms in total. The maximum absolute atomic E-state index is 12.0. The van der Waals surface area contributed by atoms with Crippen molar-refractivity contribution >= 4 is 27.0 Å². The van der Waals surface area contributed by atoms with Gasteiger partial charge in [0.2, 0.25) is 15.9 Å². The van der Waals surface area contributed by atoms with E-state index in [2.05, 4.69) is 10.3 Å². The summed E-state index contributed by atoms with van der Waals surface area (Å²) < 4.78 is 26.9. The lowest BCUT2D eigenvalue weighted by atomic mass is 10.3. The van der Waals surface area contributed by atoms with E-state index >= 15 is 0 Å². The van der Waals surface area contributed by atoms with Crippen LogP contribution in [0.25, 0.3) is 11.0 Å². The molecule has 0 saturated heterocycles. The Labute approximate surface area is 122 Å². The molecule has 2 aromatic rings. The molecule has 9 heteroatoms. The fraction of sp³-hybridized carbons (Fsp3) is 0.417. The van der Waals surface area contributed by atoms with Gasteiger partial charge in [0.05, 0.1) is 10.4 Å². The summed E-state index contributed by atoms with van der Waals surface area (Å²) in [5, 5.41) is 7.93. The van der Waals surface area contributed by atoms with Crippen LogP contribution >= 0.6 is 0 Å². The molecule has 0 saturated carbocycles. The van der Waals surface area contributed by atoms with Crippen molar-refractivity contribution in [1.29, 1.82) is 0 Å². The van der Waals surface area contributed by atoms with Crippen molar-refractivity contribution in [1.82, 2.24) is 19.3 Å². The Hall–Kier alpha value is -2.00. The summed E-state index contributed by atoms with van der Waals surface area (Å²) in [6, 6.07) is 4.67. The topological polar surface area (TPSA) is 111 Å². The fourth-order valence-corrected chi connectivity index (χ4v) is 2.81. The van der Waals surface area contributed by atoms with E-state index in [1.165, 1.54) is 26.2 Å². The first-order valence-corrected chi connectivity index (χ1v) is 7.80.